The van der Waals surface area contributed by atoms with Crippen LogP contribution < -0.4 is 0 Å². The topological polar surface area (TPSA) is 84.5 Å². The van der Waals surface area contributed by atoms with Crippen molar-refractivity contribution >= 4 is 5.78 Å². The highest BCUT2D eigenvalue weighted by Gasteiger charge is 2.26. The van der Waals surface area contributed by atoms with Crippen molar-refractivity contribution in [2.75, 3.05) is 0 Å². The Morgan fingerprint density at radius 1 is 1.03 bits per heavy atom. The van der Waals surface area contributed by atoms with E-state index >= 15 is 0 Å². The number of benzene rings is 2. The van der Waals surface area contributed by atoms with Crippen molar-refractivity contribution in [2.45, 2.75) is 46.5 Å². The van der Waals surface area contributed by atoms with Crippen molar-refractivity contribution < 1.29 is 13.6 Å². The first-order valence-corrected chi connectivity index (χ1v) is 9.75. The minimum absolute atomic E-state index is 0.00586. The van der Waals surface area contributed by atoms with Crippen LogP contribution in [-0.4, -0.2) is 26.0 Å². The van der Waals surface area contributed by atoms with E-state index in [9.17, 15) is 18.8 Å². The number of nitriles is 1. The average Bonchev–Trinajstić information content (AvgIpc) is 3.20. The highest BCUT2D eigenvalue weighted by atomic mass is 19.2. The molecule has 3 aromatic rings. The molecule has 0 spiro atoms. The summed E-state index contributed by atoms with van der Waals surface area (Å²) in [5.74, 6) is -1.62. The minimum atomic E-state index is -0.987. The molecule has 31 heavy (non-hydrogen) atoms. The Bertz CT molecular complexity index is 1190. The van der Waals surface area contributed by atoms with Gasteiger partial charge in [0.05, 0.1) is 17.2 Å². The van der Waals surface area contributed by atoms with Crippen molar-refractivity contribution in [1.29, 1.82) is 5.26 Å². The van der Waals surface area contributed by atoms with Gasteiger partial charge in [-0.05, 0) is 65.7 Å². The lowest BCUT2D eigenvalue weighted by molar-refractivity contribution is 0.0952. The monoisotopic (exact) mass is 423 g/mol. The number of carbonyl (C=O) groups excluding carboxylic acids is 1. The summed E-state index contributed by atoms with van der Waals surface area (Å²) in [5.41, 5.74) is 0.519. The lowest BCUT2D eigenvalue weighted by Crippen LogP contribution is -2.19. The second-order valence-corrected chi connectivity index (χ2v) is 9.16. The van der Waals surface area contributed by atoms with Crippen LogP contribution in [0.4, 0.5) is 8.78 Å². The lowest BCUT2D eigenvalue weighted by atomic mass is 9.86. The van der Waals surface area contributed by atoms with Crippen molar-refractivity contribution in [2.24, 2.45) is 5.41 Å². The van der Waals surface area contributed by atoms with Gasteiger partial charge in [-0.25, -0.2) is 8.78 Å². The Kier molecular flexibility index (Phi) is 5.72. The maximum atomic E-state index is 13.9. The highest BCUT2D eigenvalue weighted by molar-refractivity contribution is 5.98. The van der Waals surface area contributed by atoms with Gasteiger partial charge in [-0.2, -0.15) is 9.94 Å². The van der Waals surface area contributed by atoms with Gasteiger partial charge in [-0.3, -0.25) is 4.79 Å². The molecule has 160 valence electrons. The maximum Gasteiger partial charge on any atom is 0.164 e. The summed E-state index contributed by atoms with van der Waals surface area (Å²) in [5, 5.41) is 21.2. The van der Waals surface area contributed by atoms with Gasteiger partial charge in [0.25, 0.3) is 0 Å². The number of ketones is 1. The number of carbonyl (C=O) groups is 1. The molecule has 6 nitrogen and oxygen atoms in total. The molecule has 0 saturated carbocycles. The Labute approximate surface area is 179 Å². The molecule has 0 radical (unpaired) electrons. The summed E-state index contributed by atoms with van der Waals surface area (Å²) in [6.07, 6.45) is 0.00586. The van der Waals surface area contributed by atoms with E-state index in [1.54, 1.807) is 32.0 Å². The number of nitrogens with zero attached hydrogens (tertiary/aromatic N) is 5. The van der Waals surface area contributed by atoms with Crippen LogP contribution in [-0.2, 0) is 5.41 Å². The molecule has 0 atom stereocenters. The zero-order valence-corrected chi connectivity index (χ0v) is 18.1. The quantitative estimate of drug-likeness (QED) is 0.538. The molecule has 0 unspecified atom stereocenters. The number of tetrazole rings is 1. The zero-order chi connectivity index (χ0) is 23.0. The van der Waals surface area contributed by atoms with E-state index in [0.29, 0.717) is 28.2 Å². The van der Waals surface area contributed by atoms with Crippen LogP contribution >= 0.6 is 0 Å². The van der Waals surface area contributed by atoms with E-state index in [-0.39, 0.29) is 17.6 Å². The summed E-state index contributed by atoms with van der Waals surface area (Å²) in [7, 11) is 0. The van der Waals surface area contributed by atoms with Crippen LogP contribution in [0.2, 0.25) is 0 Å². The Hall–Kier alpha value is -3.47. The van der Waals surface area contributed by atoms with E-state index in [1.807, 2.05) is 20.8 Å². The third kappa shape index (κ3) is 4.82. The second kappa shape index (κ2) is 7.99. The molecule has 0 bridgehead atoms. The minimum Gasteiger partial charge on any atom is -0.294 e. The van der Waals surface area contributed by atoms with Gasteiger partial charge < -0.3 is 0 Å². The smallest absolute Gasteiger partial charge is 0.164 e. The number of rotatable bonds is 5. The number of Topliss-reactive ketones (excluding diaryl/α,β-unsaturated/α-hetero) is 1. The molecule has 0 N–H and O–H groups in total. The van der Waals surface area contributed by atoms with Gasteiger partial charge >= 0.3 is 0 Å². The molecule has 8 heteroatoms. The fraction of sp³-hybridized carbons (Fsp3) is 0.348. The first-order valence-electron chi connectivity index (χ1n) is 9.75. The van der Waals surface area contributed by atoms with Gasteiger partial charge in [0.15, 0.2) is 23.2 Å². The predicted octanol–water partition coefficient (Wildman–Crippen LogP) is 5.03. The molecule has 0 fully saturated rings. The summed E-state index contributed by atoms with van der Waals surface area (Å²) in [6.45, 7) is 9.23. The average molecular weight is 423 g/mol. The predicted molar refractivity (Wildman–Crippen MR) is 112 cm³/mol. The van der Waals surface area contributed by atoms with Crippen molar-refractivity contribution in [1.82, 2.24) is 20.2 Å². The summed E-state index contributed by atoms with van der Waals surface area (Å²) in [6, 6.07) is 10.6. The largest absolute Gasteiger partial charge is 0.294 e. The van der Waals surface area contributed by atoms with Crippen LogP contribution in [0.15, 0.2) is 36.4 Å². The standard InChI is InChI=1S/C23H23F2N5O/c1-22(2,3)21-27-28-29-30(21)17-9-15(14-6-7-18(24)19(25)11-14)8-16(10-17)20(31)12-23(4,5)13-26/h6-11H,12H2,1-5H3. The summed E-state index contributed by atoms with van der Waals surface area (Å²) >= 11 is 0. The molecule has 3 rings (SSSR count). The molecule has 2 aromatic carbocycles. The summed E-state index contributed by atoms with van der Waals surface area (Å²) in [4.78, 5) is 13.0. The molecular weight excluding hydrogens is 400 g/mol. The SMILES string of the molecule is CC(C)(C#N)CC(=O)c1cc(-c2ccc(F)c(F)c2)cc(-n2nnnc2C(C)(C)C)c1. The van der Waals surface area contributed by atoms with Crippen molar-refractivity contribution in [3.8, 4) is 22.9 Å². The Morgan fingerprint density at radius 3 is 2.35 bits per heavy atom. The third-order valence-corrected chi connectivity index (χ3v) is 4.78. The van der Waals surface area contributed by atoms with Crippen LogP contribution in [0, 0.1) is 28.4 Å². The van der Waals surface area contributed by atoms with Gasteiger partial charge in [-0.1, -0.05) is 26.8 Å². The van der Waals surface area contributed by atoms with Gasteiger partial charge in [0.1, 0.15) is 0 Å². The number of aromatic nitrogens is 4. The van der Waals surface area contributed by atoms with Crippen LogP contribution in [0.1, 0.15) is 57.2 Å². The number of hydrogen-bond donors (Lipinski definition) is 0. The van der Waals surface area contributed by atoms with E-state index in [2.05, 4.69) is 21.6 Å². The molecule has 0 amide bonds. The molecule has 0 aliphatic heterocycles. The fourth-order valence-electron chi connectivity index (χ4n) is 3.11. The molecule has 0 saturated heterocycles. The highest BCUT2D eigenvalue weighted by Crippen LogP contribution is 2.30. The first kappa shape index (κ1) is 22.2. The Morgan fingerprint density at radius 2 is 1.74 bits per heavy atom. The first-order chi connectivity index (χ1) is 14.4. The summed E-state index contributed by atoms with van der Waals surface area (Å²) < 4.78 is 28.8. The van der Waals surface area contributed by atoms with Gasteiger partial charge in [0, 0.05) is 17.4 Å². The molecule has 0 aliphatic rings. The van der Waals surface area contributed by atoms with E-state index in [4.69, 9.17) is 0 Å². The van der Waals surface area contributed by atoms with E-state index < -0.39 is 17.0 Å². The molecule has 1 aromatic heterocycles. The van der Waals surface area contributed by atoms with Gasteiger partial charge in [-0.15, -0.1) is 5.10 Å². The molecule has 0 aliphatic carbocycles. The second-order valence-electron chi connectivity index (χ2n) is 9.16. The van der Waals surface area contributed by atoms with Crippen LogP contribution in [0.3, 0.4) is 0 Å². The number of halogens is 2. The number of hydrogen-bond acceptors (Lipinski definition) is 5. The van der Waals surface area contributed by atoms with Crippen LogP contribution in [0.5, 0.6) is 0 Å². The van der Waals surface area contributed by atoms with E-state index in [0.717, 1.165) is 12.1 Å². The maximum absolute atomic E-state index is 13.9. The third-order valence-electron chi connectivity index (χ3n) is 4.78. The van der Waals surface area contributed by atoms with Crippen LogP contribution in [0.25, 0.3) is 16.8 Å². The van der Waals surface area contributed by atoms with Crippen molar-refractivity contribution in [3.05, 3.63) is 59.4 Å². The zero-order valence-electron chi connectivity index (χ0n) is 18.1. The van der Waals surface area contributed by atoms with Gasteiger partial charge in [0.2, 0.25) is 0 Å². The normalized spacial score (nSPS) is 11.9. The lowest BCUT2D eigenvalue weighted by Gasteiger charge is -2.19. The van der Waals surface area contributed by atoms with E-state index in [1.165, 1.54) is 10.7 Å². The molecular formula is C23H23F2N5O. The fourth-order valence-corrected chi connectivity index (χ4v) is 3.11. The molecule has 1 heterocycles. The Balaban J connectivity index is 2.20. The van der Waals surface area contributed by atoms with Crippen molar-refractivity contribution in [3.63, 3.8) is 0 Å².